The van der Waals surface area contributed by atoms with E-state index < -0.39 is 48.1 Å². The van der Waals surface area contributed by atoms with Crippen LogP contribution in [0.4, 0.5) is 13.2 Å². The first kappa shape index (κ1) is 45.0. The number of likely N-dealkylation sites (N-methyl/N-ethyl adjacent to an activating group) is 1. The molecule has 7 N–H and O–H groups in total. The number of carbonyl (C=O) groups excluding carboxylic acids is 4. The number of carboxylic acids is 1. The number of allylic oxidation sites excluding steroid dienone is 2. The number of ether oxygens (including phenoxy) is 1. The molecule has 1 aliphatic rings. The third-order valence-electron chi connectivity index (χ3n) is 9.47. The lowest BCUT2D eigenvalue weighted by molar-refractivity contribution is -0.192. The van der Waals surface area contributed by atoms with E-state index in [9.17, 15) is 37.5 Å². The van der Waals surface area contributed by atoms with Gasteiger partial charge in [0.25, 0.3) is 0 Å². The number of carboxylic acid groups (broad SMARTS) is 1. The number of H-pyrrole nitrogens is 1. The van der Waals surface area contributed by atoms with Gasteiger partial charge in [-0.2, -0.15) is 13.2 Å². The third-order valence-corrected chi connectivity index (χ3v) is 9.47. The number of phenols is 1. The lowest BCUT2D eigenvalue weighted by atomic mass is 9.98. The van der Waals surface area contributed by atoms with Crippen LogP contribution in [0.5, 0.6) is 5.75 Å². The van der Waals surface area contributed by atoms with Gasteiger partial charge in [-0.1, -0.05) is 48.9 Å². The molecule has 306 valence electrons. The number of cyclic esters (lactones) is 1. The quantitative estimate of drug-likeness (QED) is 0.102. The van der Waals surface area contributed by atoms with Crippen LogP contribution in [0, 0.1) is 5.92 Å². The molecule has 0 spiro atoms. The fourth-order valence-electron chi connectivity index (χ4n) is 6.33. The predicted molar refractivity (Wildman–Crippen MR) is 203 cm³/mol. The van der Waals surface area contributed by atoms with Crippen LogP contribution in [0.15, 0.2) is 66.4 Å². The van der Waals surface area contributed by atoms with E-state index in [1.165, 1.54) is 17.0 Å². The Morgan fingerprint density at radius 2 is 1.64 bits per heavy atom. The number of esters is 1. The van der Waals surface area contributed by atoms with Gasteiger partial charge in [0.05, 0.1) is 18.6 Å². The number of hydrogen-bond acceptors (Lipinski definition) is 8. The van der Waals surface area contributed by atoms with Gasteiger partial charge in [-0.3, -0.25) is 19.2 Å². The summed E-state index contributed by atoms with van der Waals surface area (Å²) in [5.74, 6) is -4.68. The predicted octanol–water partition coefficient (Wildman–Crippen LogP) is 5.44. The first-order valence-corrected chi connectivity index (χ1v) is 18.5. The first-order valence-electron chi connectivity index (χ1n) is 18.5. The smallest absolute Gasteiger partial charge is 0.490 e. The number of unbranched alkanes of at least 4 members (excludes halogenated alkanes) is 1. The molecule has 1 aromatic heterocycles. The SMILES string of the molecule is CC1=CCC[C@H](C)OC(=O)C[C@H](c2ccc(O)cc2)NC(=O)[C@@H](Cc2c[nH]c3ccccc23)N(C)C(=O)[C@H](CCCCN)NC(=O)[C@@H](C)C1.O=C(O)C(F)(F)F. The maximum atomic E-state index is 14.4. The maximum Gasteiger partial charge on any atom is 0.490 e. The summed E-state index contributed by atoms with van der Waals surface area (Å²) < 4.78 is 37.5. The van der Waals surface area contributed by atoms with Gasteiger partial charge < -0.3 is 41.2 Å². The van der Waals surface area contributed by atoms with Crippen molar-refractivity contribution in [2.24, 2.45) is 11.7 Å². The summed E-state index contributed by atoms with van der Waals surface area (Å²) in [5, 5.41) is 24.0. The number of phenolic OH excluding ortho intramolecular Hbond substituents is 1. The summed E-state index contributed by atoms with van der Waals surface area (Å²) in [7, 11) is 1.58. The van der Waals surface area contributed by atoms with Gasteiger partial charge in [-0.25, -0.2) is 4.79 Å². The van der Waals surface area contributed by atoms with Crippen molar-refractivity contribution in [1.82, 2.24) is 20.5 Å². The number of aliphatic carboxylic acids is 1. The van der Waals surface area contributed by atoms with Crippen LogP contribution in [-0.4, -0.2) is 87.7 Å². The molecule has 56 heavy (non-hydrogen) atoms. The fraction of sp³-hybridized carbons (Fsp3) is 0.475. The fourth-order valence-corrected chi connectivity index (χ4v) is 6.33. The van der Waals surface area contributed by atoms with Crippen molar-refractivity contribution in [3.8, 4) is 5.75 Å². The van der Waals surface area contributed by atoms with E-state index in [1.807, 2.05) is 51.2 Å². The summed E-state index contributed by atoms with van der Waals surface area (Å²) in [6.45, 7) is 6.09. The van der Waals surface area contributed by atoms with Crippen molar-refractivity contribution in [3.63, 3.8) is 0 Å². The zero-order valence-electron chi connectivity index (χ0n) is 32.0. The number of hydrogen-bond donors (Lipinski definition) is 6. The van der Waals surface area contributed by atoms with Crippen LogP contribution in [0.25, 0.3) is 10.9 Å². The highest BCUT2D eigenvalue weighted by atomic mass is 19.4. The molecule has 0 bridgehead atoms. The van der Waals surface area contributed by atoms with E-state index in [0.29, 0.717) is 50.6 Å². The topological polar surface area (TPSA) is 204 Å². The Morgan fingerprint density at radius 1 is 0.982 bits per heavy atom. The Morgan fingerprint density at radius 3 is 2.29 bits per heavy atom. The Bertz CT molecular complexity index is 1830. The van der Waals surface area contributed by atoms with Crippen LogP contribution < -0.4 is 16.4 Å². The number of aromatic nitrogens is 1. The molecule has 0 fully saturated rings. The number of alkyl halides is 3. The highest BCUT2D eigenvalue weighted by molar-refractivity contribution is 5.93. The van der Waals surface area contributed by atoms with Crippen molar-refractivity contribution in [2.75, 3.05) is 13.6 Å². The second kappa shape index (κ2) is 21.1. The molecule has 0 aliphatic carbocycles. The van der Waals surface area contributed by atoms with Crippen molar-refractivity contribution < 1.29 is 52.1 Å². The third kappa shape index (κ3) is 13.7. The number of nitrogens with one attached hydrogen (secondary N) is 3. The minimum absolute atomic E-state index is 0.0466. The highest BCUT2D eigenvalue weighted by Crippen LogP contribution is 2.25. The van der Waals surface area contributed by atoms with Crippen LogP contribution in [0.2, 0.25) is 0 Å². The summed E-state index contributed by atoms with van der Waals surface area (Å²) in [5.41, 5.74) is 9.12. The molecule has 0 unspecified atom stereocenters. The van der Waals surface area contributed by atoms with E-state index in [4.69, 9.17) is 20.4 Å². The number of nitrogens with zero attached hydrogens (tertiary/aromatic N) is 1. The van der Waals surface area contributed by atoms with Crippen molar-refractivity contribution in [1.29, 1.82) is 0 Å². The molecule has 3 aromatic rings. The van der Waals surface area contributed by atoms with Gasteiger partial charge >= 0.3 is 18.1 Å². The average molecular weight is 788 g/mol. The Labute approximate surface area is 323 Å². The summed E-state index contributed by atoms with van der Waals surface area (Å²) in [6, 6.07) is 11.3. The number of fused-ring (bicyclic) bond motifs is 1. The zero-order valence-corrected chi connectivity index (χ0v) is 32.0. The average Bonchev–Trinajstić information content (AvgIpc) is 3.55. The van der Waals surface area contributed by atoms with Crippen LogP contribution in [0.3, 0.4) is 0 Å². The van der Waals surface area contributed by atoms with Gasteiger partial charge in [-0.15, -0.1) is 0 Å². The standard InChI is InChI=1S/C38H51N5O6.C2HF3O2/c1-24-10-9-11-26(3)49-35(45)22-33(27-15-17-29(44)18-16-27)42-37(47)34(21-28-23-40-31-13-6-5-12-30(28)31)43(4)38(48)32(14-7-8-19-39)41-36(46)25(2)20-24;3-2(4,5)1(6)7/h5-6,10,12-13,15-18,23,25-26,32-34,40,44H,7-9,11,14,19-22,39H2,1-4H3,(H,41,46)(H,42,47);(H,6,7)/t25-,26-,32-,33+,34+;/m0./s1. The molecule has 3 amide bonds. The molecule has 5 atom stereocenters. The molecular weight excluding hydrogens is 735 g/mol. The number of aromatic amines is 1. The Balaban J connectivity index is 0.00000109. The summed E-state index contributed by atoms with van der Waals surface area (Å²) in [4.78, 5) is 68.9. The number of nitrogens with two attached hydrogens (primary N) is 1. The molecule has 13 nitrogen and oxygen atoms in total. The van der Waals surface area contributed by atoms with Gasteiger partial charge in [-0.05, 0) is 88.2 Å². The second-order valence-corrected chi connectivity index (χ2v) is 14.1. The Kier molecular flexibility index (Phi) is 16.9. The highest BCUT2D eigenvalue weighted by Gasteiger charge is 2.38. The van der Waals surface area contributed by atoms with E-state index in [1.54, 1.807) is 19.2 Å². The first-order chi connectivity index (χ1) is 26.4. The molecule has 0 saturated carbocycles. The van der Waals surface area contributed by atoms with Crippen molar-refractivity contribution in [2.45, 2.75) is 103 Å². The minimum Gasteiger partial charge on any atom is -0.508 e. The van der Waals surface area contributed by atoms with E-state index >= 15 is 0 Å². The molecule has 0 radical (unpaired) electrons. The monoisotopic (exact) mass is 787 g/mol. The lowest BCUT2D eigenvalue weighted by Crippen LogP contribution is -2.56. The minimum atomic E-state index is -5.08. The molecule has 0 saturated heterocycles. The van der Waals surface area contributed by atoms with Crippen LogP contribution in [-0.2, 0) is 35.1 Å². The van der Waals surface area contributed by atoms with Crippen molar-refractivity contribution >= 4 is 40.6 Å². The zero-order chi connectivity index (χ0) is 41.6. The summed E-state index contributed by atoms with van der Waals surface area (Å²) >= 11 is 0. The molecule has 1 aliphatic heterocycles. The molecule has 2 heterocycles. The molecule has 16 heteroatoms. The molecular formula is C40H52F3N5O8. The normalized spacial score (nSPS) is 22.3. The lowest BCUT2D eigenvalue weighted by Gasteiger charge is -2.32. The number of halogens is 3. The Hall–Kier alpha value is -5.38. The van der Waals surface area contributed by atoms with Gasteiger partial charge in [0.15, 0.2) is 0 Å². The van der Waals surface area contributed by atoms with E-state index in [2.05, 4.69) is 21.7 Å². The summed E-state index contributed by atoms with van der Waals surface area (Å²) in [6.07, 6.45) is 1.89. The number of rotatable bonds is 7. The maximum absolute atomic E-state index is 14.4. The largest absolute Gasteiger partial charge is 0.508 e. The van der Waals surface area contributed by atoms with Gasteiger partial charge in [0, 0.05) is 36.5 Å². The van der Waals surface area contributed by atoms with Crippen molar-refractivity contribution in [3.05, 3.63) is 77.5 Å². The van der Waals surface area contributed by atoms with Crippen LogP contribution >= 0.6 is 0 Å². The molecule has 2 aromatic carbocycles. The number of benzene rings is 2. The van der Waals surface area contributed by atoms with Gasteiger partial charge in [0.1, 0.15) is 17.8 Å². The second-order valence-electron chi connectivity index (χ2n) is 14.1. The van der Waals surface area contributed by atoms with E-state index in [-0.39, 0.29) is 36.5 Å². The molecule has 4 rings (SSSR count). The number of carbonyl (C=O) groups is 5. The van der Waals surface area contributed by atoms with Crippen LogP contribution in [0.1, 0.15) is 82.9 Å². The number of para-hydroxylation sites is 1. The van der Waals surface area contributed by atoms with E-state index in [0.717, 1.165) is 22.0 Å². The van der Waals surface area contributed by atoms with Gasteiger partial charge in [0.2, 0.25) is 17.7 Å². The number of amides is 3. The number of aromatic hydroxyl groups is 1.